The van der Waals surface area contributed by atoms with Gasteiger partial charge >= 0.3 is 0 Å². The van der Waals surface area contributed by atoms with Crippen molar-refractivity contribution in [3.8, 4) is 0 Å². The fraction of sp³-hybridized carbons (Fsp3) is 0.583. The van der Waals surface area contributed by atoms with Gasteiger partial charge in [-0.25, -0.2) is 18.1 Å². The fourth-order valence-corrected chi connectivity index (χ4v) is 4.08. The lowest BCUT2D eigenvalue weighted by atomic mass is 10.4. The van der Waals surface area contributed by atoms with Gasteiger partial charge in [0.25, 0.3) is 10.0 Å². The van der Waals surface area contributed by atoms with Crippen molar-refractivity contribution >= 4 is 32.1 Å². The number of nitrogens with zero attached hydrogens (tertiary/aromatic N) is 2. The van der Waals surface area contributed by atoms with Crippen LogP contribution in [0, 0.1) is 0 Å². The molecular weight excluding hydrogens is 312 g/mol. The SMILES string of the molecule is CCNc1nc2sccn2c1S(=O)(=O)NCC(C)OCC. The predicted octanol–water partition coefficient (Wildman–Crippen LogP) is 1.53. The molecule has 21 heavy (non-hydrogen) atoms. The van der Waals surface area contributed by atoms with Gasteiger partial charge in [-0.1, -0.05) is 0 Å². The first-order valence-electron chi connectivity index (χ1n) is 6.80. The molecule has 0 bridgehead atoms. The number of fused-ring (bicyclic) bond motifs is 1. The van der Waals surface area contributed by atoms with E-state index in [4.69, 9.17) is 4.74 Å². The molecule has 2 aromatic rings. The molecule has 2 aromatic heterocycles. The summed E-state index contributed by atoms with van der Waals surface area (Å²) in [6.07, 6.45) is 1.52. The van der Waals surface area contributed by atoms with Gasteiger partial charge in [-0.3, -0.25) is 4.40 Å². The maximum atomic E-state index is 12.5. The number of thiazole rings is 1. The highest BCUT2D eigenvalue weighted by atomic mass is 32.2. The Labute approximate surface area is 128 Å². The summed E-state index contributed by atoms with van der Waals surface area (Å²) < 4.78 is 34.6. The normalized spacial score (nSPS) is 13.7. The Morgan fingerprint density at radius 3 is 2.90 bits per heavy atom. The van der Waals surface area contributed by atoms with E-state index in [2.05, 4.69) is 15.0 Å². The lowest BCUT2D eigenvalue weighted by Crippen LogP contribution is -2.33. The number of ether oxygens (including phenoxy) is 1. The molecule has 0 aliphatic rings. The monoisotopic (exact) mass is 332 g/mol. The Morgan fingerprint density at radius 2 is 2.24 bits per heavy atom. The minimum Gasteiger partial charge on any atom is -0.377 e. The highest BCUT2D eigenvalue weighted by molar-refractivity contribution is 7.89. The zero-order valence-corrected chi connectivity index (χ0v) is 13.9. The minimum atomic E-state index is -3.67. The van der Waals surface area contributed by atoms with Gasteiger partial charge in [-0.15, -0.1) is 11.3 Å². The first kappa shape index (κ1) is 16.2. The Morgan fingerprint density at radius 1 is 1.48 bits per heavy atom. The fourth-order valence-electron chi connectivity index (χ4n) is 1.94. The molecule has 0 radical (unpaired) electrons. The second-order valence-electron chi connectivity index (χ2n) is 4.47. The molecule has 118 valence electrons. The summed E-state index contributed by atoms with van der Waals surface area (Å²) in [5.74, 6) is 0.376. The van der Waals surface area contributed by atoms with Crippen LogP contribution in [0.25, 0.3) is 4.96 Å². The molecule has 0 aliphatic carbocycles. The van der Waals surface area contributed by atoms with Crippen molar-refractivity contribution in [3.05, 3.63) is 11.6 Å². The van der Waals surface area contributed by atoms with E-state index < -0.39 is 10.0 Å². The molecule has 9 heteroatoms. The molecule has 7 nitrogen and oxygen atoms in total. The van der Waals surface area contributed by atoms with E-state index in [9.17, 15) is 8.42 Å². The quantitative estimate of drug-likeness (QED) is 0.766. The maximum absolute atomic E-state index is 12.5. The summed E-state index contributed by atoms with van der Waals surface area (Å²) in [7, 11) is -3.67. The third-order valence-corrected chi connectivity index (χ3v) is 5.03. The van der Waals surface area contributed by atoms with E-state index in [1.54, 1.807) is 16.0 Å². The van der Waals surface area contributed by atoms with E-state index >= 15 is 0 Å². The Bertz CT molecular complexity index is 692. The molecule has 0 saturated carbocycles. The van der Waals surface area contributed by atoms with Crippen molar-refractivity contribution in [1.82, 2.24) is 14.1 Å². The summed E-state index contributed by atoms with van der Waals surface area (Å²) in [5, 5.41) is 4.94. The first-order chi connectivity index (χ1) is 9.99. The number of anilines is 1. The number of hydrogen-bond donors (Lipinski definition) is 2. The van der Waals surface area contributed by atoms with Gasteiger partial charge in [-0.2, -0.15) is 0 Å². The van der Waals surface area contributed by atoms with Gasteiger partial charge in [0.2, 0.25) is 0 Å². The third kappa shape index (κ3) is 3.54. The maximum Gasteiger partial charge on any atom is 0.260 e. The van der Waals surface area contributed by atoms with E-state index in [-0.39, 0.29) is 17.7 Å². The molecule has 0 aromatic carbocycles. The third-order valence-electron chi connectivity index (χ3n) is 2.83. The van der Waals surface area contributed by atoms with Crippen LogP contribution in [0.5, 0.6) is 0 Å². The van der Waals surface area contributed by atoms with Crippen LogP contribution >= 0.6 is 11.3 Å². The van der Waals surface area contributed by atoms with Gasteiger partial charge in [0.1, 0.15) is 0 Å². The van der Waals surface area contributed by atoms with Crippen LogP contribution in [0.3, 0.4) is 0 Å². The molecule has 2 heterocycles. The minimum absolute atomic E-state index is 0.143. The number of hydrogen-bond acceptors (Lipinski definition) is 6. The Hall–Kier alpha value is -1.16. The van der Waals surface area contributed by atoms with E-state index in [0.717, 1.165) is 0 Å². The van der Waals surface area contributed by atoms with Crippen molar-refractivity contribution in [3.63, 3.8) is 0 Å². The van der Waals surface area contributed by atoms with Crippen LogP contribution in [0.2, 0.25) is 0 Å². The zero-order chi connectivity index (χ0) is 15.5. The van der Waals surface area contributed by atoms with E-state index in [0.29, 0.717) is 23.9 Å². The molecule has 1 atom stereocenters. The molecular formula is C12H20N4O3S2. The van der Waals surface area contributed by atoms with Crippen LogP contribution in [0.4, 0.5) is 5.82 Å². The van der Waals surface area contributed by atoms with E-state index in [1.807, 2.05) is 20.8 Å². The van der Waals surface area contributed by atoms with Crippen LogP contribution in [0.1, 0.15) is 20.8 Å². The lowest BCUT2D eigenvalue weighted by molar-refractivity contribution is 0.0799. The van der Waals surface area contributed by atoms with Crippen molar-refractivity contribution in [2.24, 2.45) is 0 Å². The standard InChI is InChI=1S/C12H20N4O3S2/c1-4-13-10-11(16-6-7-20-12(16)15-10)21(17,18)14-8-9(3)19-5-2/h6-7,9,13-14H,4-5,8H2,1-3H3. The summed E-state index contributed by atoms with van der Waals surface area (Å²) in [6.45, 7) is 6.97. The Kier molecular flexibility index (Phi) is 5.20. The Balaban J connectivity index is 2.29. The summed E-state index contributed by atoms with van der Waals surface area (Å²) in [6, 6.07) is 0. The molecule has 0 aliphatic heterocycles. The average molecular weight is 332 g/mol. The van der Waals surface area contributed by atoms with Crippen LogP contribution in [0.15, 0.2) is 16.6 Å². The van der Waals surface area contributed by atoms with Crippen LogP contribution < -0.4 is 10.0 Å². The number of aromatic nitrogens is 2. The smallest absolute Gasteiger partial charge is 0.260 e. The number of rotatable bonds is 8. The molecule has 1 unspecified atom stereocenters. The average Bonchev–Trinajstić information content (AvgIpc) is 2.97. The van der Waals surface area contributed by atoms with Gasteiger partial charge in [0.05, 0.1) is 6.10 Å². The van der Waals surface area contributed by atoms with Crippen LogP contribution in [-0.2, 0) is 14.8 Å². The lowest BCUT2D eigenvalue weighted by Gasteiger charge is -2.13. The van der Waals surface area contributed by atoms with Crippen LogP contribution in [-0.4, -0.2) is 43.6 Å². The number of nitrogens with one attached hydrogen (secondary N) is 2. The van der Waals surface area contributed by atoms with Gasteiger partial charge < -0.3 is 10.1 Å². The van der Waals surface area contributed by atoms with Crippen molar-refractivity contribution in [1.29, 1.82) is 0 Å². The highest BCUT2D eigenvalue weighted by Crippen LogP contribution is 2.25. The molecule has 0 spiro atoms. The second-order valence-corrected chi connectivity index (χ2v) is 7.02. The largest absolute Gasteiger partial charge is 0.377 e. The highest BCUT2D eigenvalue weighted by Gasteiger charge is 2.26. The zero-order valence-electron chi connectivity index (χ0n) is 12.3. The molecule has 0 amide bonds. The summed E-state index contributed by atoms with van der Waals surface area (Å²) in [4.78, 5) is 4.95. The molecule has 2 rings (SSSR count). The molecule has 0 saturated heterocycles. The second kappa shape index (κ2) is 6.73. The number of imidazole rings is 1. The first-order valence-corrected chi connectivity index (χ1v) is 9.16. The van der Waals surface area contributed by atoms with E-state index in [1.165, 1.54) is 11.3 Å². The van der Waals surface area contributed by atoms with Gasteiger partial charge in [0, 0.05) is 31.3 Å². The van der Waals surface area contributed by atoms with Gasteiger partial charge in [0.15, 0.2) is 15.8 Å². The summed E-state index contributed by atoms with van der Waals surface area (Å²) >= 11 is 1.39. The topological polar surface area (TPSA) is 84.7 Å². The predicted molar refractivity (Wildman–Crippen MR) is 83.5 cm³/mol. The van der Waals surface area contributed by atoms with Crippen molar-refractivity contribution in [2.75, 3.05) is 25.0 Å². The number of sulfonamides is 1. The summed E-state index contributed by atoms with van der Waals surface area (Å²) in [5.41, 5.74) is 0. The molecule has 2 N–H and O–H groups in total. The van der Waals surface area contributed by atoms with Crippen molar-refractivity contribution < 1.29 is 13.2 Å². The van der Waals surface area contributed by atoms with Crippen molar-refractivity contribution in [2.45, 2.75) is 31.9 Å². The molecule has 0 fully saturated rings. The van der Waals surface area contributed by atoms with Gasteiger partial charge in [-0.05, 0) is 20.8 Å².